The largest absolute Gasteiger partial charge is 0.496 e. The summed E-state index contributed by atoms with van der Waals surface area (Å²) in [6.07, 6.45) is 1.69. The number of rotatable bonds is 8. The molecule has 3 aromatic rings. The van der Waals surface area contributed by atoms with Crippen LogP contribution in [-0.4, -0.2) is 74.3 Å². The van der Waals surface area contributed by atoms with Crippen LogP contribution in [0.5, 0.6) is 5.75 Å². The number of hydrogen-bond donors (Lipinski definition) is 3. The number of nitrogens with zero attached hydrogens (tertiary/aromatic N) is 2. The first-order chi connectivity index (χ1) is 20.0. The van der Waals surface area contributed by atoms with Crippen molar-refractivity contribution in [1.29, 1.82) is 0 Å². The predicted octanol–water partition coefficient (Wildman–Crippen LogP) is 4.76. The quantitative estimate of drug-likeness (QED) is 0.357. The van der Waals surface area contributed by atoms with Gasteiger partial charge < -0.3 is 25.4 Å². The van der Waals surface area contributed by atoms with E-state index in [2.05, 4.69) is 25.8 Å². The van der Waals surface area contributed by atoms with Gasteiger partial charge in [-0.15, -0.1) is 0 Å². The summed E-state index contributed by atoms with van der Waals surface area (Å²) in [5, 5.41) is 9.58. The summed E-state index contributed by atoms with van der Waals surface area (Å²) in [7, 11) is 1.57. The zero-order chi connectivity index (χ0) is 28.7. The van der Waals surface area contributed by atoms with Gasteiger partial charge in [-0.2, -0.15) is 0 Å². The number of amides is 3. The van der Waals surface area contributed by atoms with Crippen molar-refractivity contribution in [1.82, 2.24) is 15.1 Å². The number of hydrogen-bond acceptors (Lipinski definition) is 6. The molecule has 0 spiro atoms. The van der Waals surface area contributed by atoms with Gasteiger partial charge in [0.1, 0.15) is 5.75 Å². The number of nitrogens with one attached hydrogen (secondary N) is 3. The monoisotopic (exact) mass is 577 g/mol. The molecule has 3 amide bonds. The van der Waals surface area contributed by atoms with Gasteiger partial charge >= 0.3 is 6.03 Å². The number of urea groups is 1. The molecule has 9 nitrogen and oxygen atoms in total. The van der Waals surface area contributed by atoms with Crippen molar-refractivity contribution in [2.24, 2.45) is 0 Å². The van der Waals surface area contributed by atoms with E-state index in [4.69, 9.17) is 21.1 Å². The topological polar surface area (TPSA) is 95.2 Å². The standard InChI is InChI=1S/C31H36ClN5O4/c1-40-28-10-6-5-9-27(28)31(29(38)33-24-7-3-2-4-8-24,35-30(39)34-25-13-11-23(32)12-14-25)37-17-15-26(16-18-37)36-19-21-41-22-20-36/h2-14,26H,15-22H2,1H3,(H,33,38)(H2,34,35,39). The molecule has 0 aliphatic carbocycles. The number of anilines is 2. The molecular formula is C31H36ClN5O4. The summed E-state index contributed by atoms with van der Waals surface area (Å²) in [6, 6.07) is 23.2. The smallest absolute Gasteiger partial charge is 0.321 e. The van der Waals surface area contributed by atoms with Crippen LogP contribution >= 0.6 is 11.6 Å². The Morgan fingerprint density at radius 2 is 1.49 bits per heavy atom. The lowest BCUT2D eigenvalue weighted by Gasteiger charge is -2.48. The highest BCUT2D eigenvalue weighted by molar-refractivity contribution is 6.30. The van der Waals surface area contributed by atoms with Gasteiger partial charge in [0.15, 0.2) is 0 Å². The van der Waals surface area contributed by atoms with Gasteiger partial charge in [0.25, 0.3) is 5.91 Å². The molecule has 0 aromatic heterocycles. The van der Waals surface area contributed by atoms with Crippen LogP contribution in [0.2, 0.25) is 5.02 Å². The molecule has 2 heterocycles. The first kappa shape index (κ1) is 28.9. The third-order valence-corrected chi connectivity index (χ3v) is 8.01. The van der Waals surface area contributed by atoms with E-state index in [0.717, 1.165) is 39.1 Å². The van der Waals surface area contributed by atoms with Crippen molar-refractivity contribution >= 4 is 34.9 Å². The van der Waals surface area contributed by atoms with Crippen molar-refractivity contribution < 1.29 is 19.1 Å². The Morgan fingerprint density at radius 3 is 2.17 bits per heavy atom. The van der Waals surface area contributed by atoms with Crippen LogP contribution in [0, 0.1) is 0 Å². The van der Waals surface area contributed by atoms with Crippen LogP contribution in [0.15, 0.2) is 78.9 Å². The third kappa shape index (κ3) is 6.65. The molecule has 3 N–H and O–H groups in total. The maximum absolute atomic E-state index is 14.5. The van der Waals surface area contributed by atoms with E-state index < -0.39 is 11.7 Å². The van der Waals surface area contributed by atoms with Gasteiger partial charge in [-0.1, -0.05) is 48.0 Å². The second-order valence-corrected chi connectivity index (χ2v) is 10.6. The molecule has 2 aliphatic heterocycles. The highest BCUT2D eigenvalue weighted by atomic mass is 35.5. The number of carbonyl (C=O) groups excluding carboxylic acids is 2. The zero-order valence-electron chi connectivity index (χ0n) is 23.1. The van der Waals surface area contributed by atoms with Crippen molar-refractivity contribution in [2.45, 2.75) is 24.5 Å². The molecule has 5 rings (SSSR count). The second-order valence-electron chi connectivity index (χ2n) is 10.2. The first-order valence-electron chi connectivity index (χ1n) is 13.9. The van der Waals surface area contributed by atoms with Crippen LogP contribution in [0.25, 0.3) is 0 Å². The Hall–Kier alpha value is -3.63. The molecule has 41 heavy (non-hydrogen) atoms. The lowest BCUT2D eigenvalue weighted by Crippen LogP contribution is -2.67. The van der Waals surface area contributed by atoms with E-state index in [1.807, 2.05) is 48.5 Å². The van der Waals surface area contributed by atoms with E-state index in [1.165, 1.54) is 0 Å². The van der Waals surface area contributed by atoms with E-state index in [9.17, 15) is 9.59 Å². The highest BCUT2D eigenvalue weighted by Gasteiger charge is 2.50. The number of piperidine rings is 1. The number of ether oxygens (including phenoxy) is 2. The van der Waals surface area contributed by atoms with Crippen molar-refractivity contribution in [3.63, 3.8) is 0 Å². The van der Waals surface area contributed by atoms with Gasteiger partial charge in [0, 0.05) is 54.2 Å². The van der Waals surface area contributed by atoms with E-state index in [1.54, 1.807) is 37.4 Å². The number of methoxy groups -OCH3 is 1. The fourth-order valence-corrected chi connectivity index (χ4v) is 5.82. The van der Waals surface area contributed by atoms with Gasteiger partial charge in [-0.3, -0.25) is 14.6 Å². The molecule has 2 aliphatic rings. The summed E-state index contributed by atoms with van der Waals surface area (Å²) in [5.74, 6) is 0.113. The first-order valence-corrected chi connectivity index (χ1v) is 14.3. The number of para-hydroxylation sites is 2. The summed E-state index contributed by atoms with van der Waals surface area (Å²) >= 11 is 6.04. The Bertz CT molecular complexity index is 1310. The van der Waals surface area contributed by atoms with Crippen LogP contribution in [0.3, 0.4) is 0 Å². The summed E-state index contributed by atoms with van der Waals surface area (Å²) in [6.45, 7) is 4.44. The zero-order valence-corrected chi connectivity index (χ0v) is 23.9. The second kappa shape index (κ2) is 13.4. The molecule has 216 valence electrons. The van der Waals surface area contributed by atoms with Gasteiger partial charge in [0.2, 0.25) is 5.66 Å². The summed E-state index contributed by atoms with van der Waals surface area (Å²) in [4.78, 5) is 32.7. The van der Waals surface area contributed by atoms with Crippen molar-refractivity contribution in [3.05, 3.63) is 89.4 Å². The fraction of sp³-hybridized carbons (Fsp3) is 0.355. The molecule has 3 aromatic carbocycles. The molecule has 0 bridgehead atoms. The maximum Gasteiger partial charge on any atom is 0.321 e. The normalized spacial score (nSPS) is 18.2. The van der Waals surface area contributed by atoms with E-state index in [-0.39, 0.29) is 5.91 Å². The minimum Gasteiger partial charge on any atom is -0.496 e. The SMILES string of the molecule is COc1ccccc1C(NC(=O)Nc1ccc(Cl)cc1)(C(=O)Nc1ccccc1)N1CCC(N2CCOCC2)CC1. The van der Waals surface area contributed by atoms with Gasteiger partial charge in [-0.05, 0) is 55.3 Å². The number of likely N-dealkylation sites (tertiary alicyclic amines) is 1. The Kier molecular flexibility index (Phi) is 9.41. The number of morpholine rings is 1. The minimum atomic E-state index is -1.57. The van der Waals surface area contributed by atoms with Crippen LogP contribution in [-0.2, 0) is 15.2 Å². The average Bonchev–Trinajstić information content (AvgIpc) is 3.02. The molecular weight excluding hydrogens is 542 g/mol. The average molecular weight is 578 g/mol. The molecule has 10 heteroatoms. The van der Waals surface area contributed by atoms with Crippen LogP contribution < -0.4 is 20.7 Å². The number of benzene rings is 3. The fourth-order valence-electron chi connectivity index (χ4n) is 5.69. The summed E-state index contributed by atoms with van der Waals surface area (Å²) in [5.41, 5.74) is 0.150. The number of carbonyl (C=O) groups is 2. The molecule has 1 unspecified atom stereocenters. The van der Waals surface area contributed by atoms with Crippen molar-refractivity contribution in [3.8, 4) is 5.75 Å². The number of halogens is 1. The van der Waals surface area contributed by atoms with Gasteiger partial charge in [0.05, 0.1) is 20.3 Å². The van der Waals surface area contributed by atoms with E-state index >= 15 is 0 Å². The minimum absolute atomic E-state index is 0.380. The summed E-state index contributed by atoms with van der Waals surface area (Å²) < 4.78 is 11.3. The van der Waals surface area contributed by atoms with Crippen LogP contribution in [0.1, 0.15) is 18.4 Å². The lowest BCUT2D eigenvalue weighted by molar-refractivity contribution is -0.132. The molecule has 1 atom stereocenters. The third-order valence-electron chi connectivity index (χ3n) is 7.75. The molecule has 0 radical (unpaired) electrons. The lowest BCUT2D eigenvalue weighted by atomic mass is 9.90. The predicted molar refractivity (Wildman–Crippen MR) is 160 cm³/mol. The Labute approximate surface area is 245 Å². The maximum atomic E-state index is 14.5. The van der Waals surface area contributed by atoms with Gasteiger partial charge in [-0.25, -0.2) is 4.79 Å². The Balaban J connectivity index is 1.52. The van der Waals surface area contributed by atoms with E-state index in [0.29, 0.717) is 46.8 Å². The molecule has 0 saturated carbocycles. The highest BCUT2D eigenvalue weighted by Crippen LogP contribution is 2.37. The van der Waals surface area contributed by atoms with Crippen molar-refractivity contribution in [2.75, 3.05) is 57.1 Å². The molecule has 2 fully saturated rings. The Morgan fingerprint density at radius 1 is 0.854 bits per heavy atom. The molecule has 2 saturated heterocycles. The van der Waals surface area contributed by atoms with Crippen LogP contribution in [0.4, 0.5) is 16.2 Å².